The first kappa shape index (κ1) is 14.9. The highest BCUT2D eigenvalue weighted by Crippen LogP contribution is 2.31. The lowest BCUT2D eigenvalue weighted by atomic mass is 9.89. The standard InChI is InChI=1S/C10H18N2O5S/c1-10(9(11)15)4-5-12(7-10)18(16,17)6-2-3-8(13)14/h2-7H2,1H3,(H2,11,15)(H,13,14). The van der Waals surface area contributed by atoms with E-state index in [1.54, 1.807) is 6.92 Å². The molecule has 0 aromatic heterocycles. The Bertz CT molecular complexity index is 447. The van der Waals surface area contributed by atoms with Gasteiger partial charge in [0.2, 0.25) is 15.9 Å². The molecule has 0 aromatic rings. The molecule has 0 saturated carbocycles. The van der Waals surface area contributed by atoms with Gasteiger partial charge in [0.15, 0.2) is 0 Å². The van der Waals surface area contributed by atoms with Gasteiger partial charge < -0.3 is 10.8 Å². The van der Waals surface area contributed by atoms with Crippen LogP contribution in [0.15, 0.2) is 0 Å². The number of carboxylic acids is 1. The van der Waals surface area contributed by atoms with Gasteiger partial charge in [0, 0.05) is 19.5 Å². The summed E-state index contributed by atoms with van der Waals surface area (Å²) in [5.41, 5.74) is 4.42. The van der Waals surface area contributed by atoms with Crippen LogP contribution in [0.25, 0.3) is 0 Å². The van der Waals surface area contributed by atoms with Crippen molar-refractivity contribution >= 4 is 21.9 Å². The van der Waals surface area contributed by atoms with Crippen LogP contribution in [0, 0.1) is 5.41 Å². The first-order chi connectivity index (χ1) is 8.17. The molecule has 0 aromatic carbocycles. The highest BCUT2D eigenvalue weighted by molar-refractivity contribution is 7.89. The van der Waals surface area contributed by atoms with Crippen LogP contribution in [-0.2, 0) is 19.6 Å². The molecule has 104 valence electrons. The fourth-order valence-corrected chi connectivity index (χ4v) is 3.51. The fraction of sp³-hybridized carbons (Fsp3) is 0.800. The number of carbonyl (C=O) groups excluding carboxylic acids is 1. The number of carbonyl (C=O) groups is 2. The monoisotopic (exact) mass is 278 g/mol. The van der Waals surface area contributed by atoms with Gasteiger partial charge in [-0.05, 0) is 19.8 Å². The molecule has 8 heteroatoms. The molecule has 0 radical (unpaired) electrons. The molecule has 1 saturated heterocycles. The van der Waals surface area contributed by atoms with Crippen LogP contribution >= 0.6 is 0 Å². The summed E-state index contributed by atoms with van der Waals surface area (Å²) in [7, 11) is -3.50. The first-order valence-electron chi connectivity index (χ1n) is 5.67. The zero-order chi connectivity index (χ0) is 14.0. The van der Waals surface area contributed by atoms with E-state index in [0.29, 0.717) is 6.42 Å². The predicted molar refractivity (Wildman–Crippen MR) is 64.1 cm³/mol. The highest BCUT2D eigenvalue weighted by Gasteiger charge is 2.42. The summed E-state index contributed by atoms with van der Waals surface area (Å²) >= 11 is 0. The molecule has 1 rings (SSSR count). The summed E-state index contributed by atoms with van der Waals surface area (Å²) in [6.07, 6.45) is 0.294. The SMILES string of the molecule is CC1(C(N)=O)CCN(S(=O)(=O)CCCC(=O)O)C1. The normalized spacial score (nSPS) is 25.2. The van der Waals surface area contributed by atoms with Crippen LogP contribution in [-0.4, -0.2) is 48.5 Å². The molecule has 0 aliphatic carbocycles. The Labute approximate surface area is 106 Å². The molecule has 1 aliphatic rings. The van der Waals surface area contributed by atoms with Crippen LogP contribution in [0.4, 0.5) is 0 Å². The maximum Gasteiger partial charge on any atom is 0.303 e. The van der Waals surface area contributed by atoms with Crippen LogP contribution in [0.2, 0.25) is 0 Å². The quantitative estimate of drug-likeness (QED) is 0.671. The molecule has 1 amide bonds. The number of hydrogen-bond acceptors (Lipinski definition) is 4. The fourth-order valence-electron chi connectivity index (χ4n) is 1.89. The van der Waals surface area contributed by atoms with Crippen molar-refractivity contribution in [1.29, 1.82) is 0 Å². The van der Waals surface area contributed by atoms with E-state index in [2.05, 4.69) is 0 Å². The number of carboxylic acid groups (broad SMARTS) is 1. The third-order valence-electron chi connectivity index (χ3n) is 3.22. The largest absolute Gasteiger partial charge is 0.481 e. The number of nitrogens with zero attached hydrogens (tertiary/aromatic N) is 1. The van der Waals surface area contributed by atoms with E-state index >= 15 is 0 Å². The van der Waals surface area contributed by atoms with Gasteiger partial charge in [-0.1, -0.05) is 0 Å². The Morgan fingerprint density at radius 2 is 2.06 bits per heavy atom. The van der Waals surface area contributed by atoms with Crippen molar-refractivity contribution < 1.29 is 23.1 Å². The van der Waals surface area contributed by atoms with Crippen molar-refractivity contribution in [2.24, 2.45) is 11.1 Å². The molecule has 1 fully saturated rings. The van der Waals surface area contributed by atoms with Gasteiger partial charge in [0.1, 0.15) is 0 Å². The number of amides is 1. The zero-order valence-electron chi connectivity index (χ0n) is 10.3. The van der Waals surface area contributed by atoms with Gasteiger partial charge in [-0.3, -0.25) is 9.59 Å². The third kappa shape index (κ3) is 3.42. The van der Waals surface area contributed by atoms with Crippen LogP contribution in [0.5, 0.6) is 0 Å². The Kier molecular flexibility index (Phi) is 4.33. The minimum atomic E-state index is -3.50. The lowest BCUT2D eigenvalue weighted by Crippen LogP contribution is -2.39. The van der Waals surface area contributed by atoms with Crippen molar-refractivity contribution in [1.82, 2.24) is 4.31 Å². The summed E-state index contributed by atoms with van der Waals surface area (Å²) in [6.45, 7) is 1.98. The number of aliphatic carboxylic acids is 1. The van der Waals surface area contributed by atoms with E-state index in [-0.39, 0.29) is 31.7 Å². The number of nitrogens with two attached hydrogens (primary N) is 1. The van der Waals surface area contributed by atoms with E-state index in [0.717, 1.165) is 0 Å². The van der Waals surface area contributed by atoms with E-state index in [1.807, 2.05) is 0 Å². The number of sulfonamides is 1. The summed E-state index contributed by atoms with van der Waals surface area (Å²) in [6, 6.07) is 0. The van der Waals surface area contributed by atoms with Crippen LogP contribution in [0.3, 0.4) is 0 Å². The number of rotatable bonds is 6. The van der Waals surface area contributed by atoms with Gasteiger partial charge >= 0.3 is 5.97 Å². The second-order valence-corrected chi connectivity index (χ2v) is 6.91. The lowest BCUT2D eigenvalue weighted by molar-refractivity contribution is -0.137. The molecule has 0 bridgehead atoms. The van der Waals surface area contributed by atoms with E-state index in [1.165, 1.54) is 4.31 Å². The minimum absolute atomic E-state index is 0.0709. The summed E-state index contributed by atoms with van der Waals surface area (Å²) < 4.78 is 25.0. The van der Waals surface area contributed by atoms with Crippen molar-refractivity contribution in [3.8, 4) is 0 Å². The topological polar surface area (TPSA) is 118 Å². The average Bonchev–Trinajstić information content (AvgIpc) is 2.62. The predicted octanol–water partition coefficient (Wildman–Crippen LogP) is -0.622. The van der Waals surface area contributed by atoms with Crippen molar-refractivity contribution in [3.05, 3.63) is 0 Å². The second-order valence-electron chi connectivity index (χ2n) is 4.82. The molecule has 0 spiro atoms. The molecule has 1 unspecified atom stereocenters. The van der Waals surface area contributed by atoms with Gasteiger partial charge in [-0.2, -0.15) is 0 Å². The Balaban J connectivity index is 2.60. The summed E-state index contributed by atoms with van der Waals surface area (Å²) in [5.74, 6) is -1.74. The molecular weight excluding hydrogens is 260 g/mol. The molecule has 7 nitrogen and oxygen atoms in total. The maximum atomic E-state index is 11.9. The lowest BCUT2D eigenvalue weighted by Gasteiger charge is -2.20. The van der Waals surface area contributed by atoms with Crippen LogP contribution in [0.1, 0.15) is 26.2 Å². The van der Waals surface area contributed by atoms with Gasteiger partial charge in [0.25, 0.3) is 0 Å². The van der Waals surface area contributed by atoms with E-state index in [9.17, 15) is 18.0 Å². The number of primary amides is 1. The van der Waals surface area contributed by atoms with Gasteiger partial charge in [0.05, 0.1) is 11.2 Å². The molecule has 3 N–H and O–H groups in total. The van der Waals surface area contributed by atoms with Crippen molar-refractivity contribution in [3.63, 3.8) is 0 Å². The molecular formula is C10H18N2O5S. The zero-order valence-corrected chi connectivity index (χ0v) is 11.1. The van der Waals surface area contributed by atoms with E-state index in [4.69, 9.17) is 10.8 Å². The van der Waals surface area contributed by atoms with Gasteiger partial charge in [-0.15, -0.1) is 0 Å². The molecule has 1 atom stereocenters. The average molecular weight is 278 g/mol. The summed E-state index contributed by atoms with van der Waals surface area (Å²) in [4.78, 5) is 21.6. The second kappa shape index (κ2) is 5.23. The Morgan fingerprint density at radius 1 is 1.44 bits per heavy atom. The molecule has 18 heavy (non-hydrogen) atoms. The maximum absolute atomic E-state index is 11.9. The Morgan fingerprint density at radius 3 is 2.50 bits per heavy atom. The van der Waals surface area contributed by atoms with E-state index < -0.39 is 27.3 Å². The minimum Gasteiger partial charge on any atom is -0.481 e. The van der Waals surface area contributed by atoms with Crippen molar-refractivity contribution in [2.75, 3.05) is 18.8 Å². The third-order valence-corrected chi connectivity index (χ3v) is 5.12. The molecule has 1 heterocycles. The van der Waals surface area contributed by atoms with Crippen molar-refractivity contribution in [2.45, 2.75) is 26.2 Å². The first-order valence-corrected chi connectivity index (χ1v) is 7.28. The highest BCUT2D eigenvalue weighted by atomic mass is 32.2. The molecule has 1 aliphatic heterocycles. The van der Waals surface area contributed by atoms with Crippen LogP contribution < -0.4 is 5.73 Å². The smallest absolute Gasteiger partial charge is 0.303 e. The van der Waals surface area contributed by atoms with Gasteiger partial charge in [-0.25, -0.2) is 12.7 Å². The number of hydrogen-bond donors (Lipinski definition) is 2. The summed E-state index contributed by atoms with van der Waals surface area (Å²) in [5, 5.41) is 8.46. The Hall–Kier alpha value is -1.15.